The first-order chi connectivity index (χ1) is 9.19. The topological polar surface area (TPSA) is 67.4 Å². The fourth-order valence-corrected chi connectivity index (χ4v) is 2.78. The Morgan fingerprint density at radius 3 is 2.84 bits per heavy atom. The van der Waals surface area contributed by atoms with Crippen LogP contribution in [0, 0.1) is 0 Å². The predicted molar refractivity (Wildman–Crippen MR) is 75.5 cm³/mol. The summed E-state index contributed by atoms with van der Waals surface area (Å²) >= 11 is 1.52. The van der Waals surface area contributed by atoms with Crippen molar-refractivity contribution in [2.75, 3.05) is 24.7 Å². The van der Waals surface area contributed by atoms with E-state index in [0.717, 1.165) is 11.5 Å². The summed E-state index contributed by atoms with van der Waals surface area (Å²) in [5.74, 6) is 1.38. The van der Waals surface area contributed by atoms with Gasteiger partial charge in [-0.05, 0) is 24.3 Å². The highest BCUT2D eigenvalue weighted by molar-refractivity contribution is 8.00. The molecular formula is C13H16N2O3S. The molecule has 2 amide bonds. The molecule has 0 saturated carbocycles. The molecule has 1 aliphatic rings. The Bertz CT molecular complexity index is 461. The van der Waals surface area contributed by atoms with Crippen LogP contribution in [0.2, 0.25) is 0 Å². The van der Waals surface area contributed by atoms with Crippen molar-refractivity contribution in [2.24, 2.45) is 0 Å². The summed E-state index contributed by atoms with van der Waals surface area (Å²) in [6.07, 6.45) is 0.197. The van der Waals surface area contributed by atoms with Crippen molar-refractivity contribution in [3.8, 4) is 5.75 Å². The highest BCUT2D eigenvalue weighted by Gasteiger charge is 2.25. The zero-order chi connectivity index (χ0) is 13.7. The lowest BCUT2D eigenvalue weighted by Crippen LogP contribution is -2.40. The summed E-state index contributed by atoms with van der Waals surface area (Å²) < 4.78 is 5.04. The molecule has 0 spiro atoms. The summed E-state index contributed by atoms with van der Waals surface area (Å²) in [5, 5.41) is 5.25. The van der Waals surface area contributed by atoms with Gasteiger partial charge >= 0.3 is 0 Å². The summed E-state index contributed by atoms with van der Waals surface area (Å²) in [7, 11) is 1.59. The molecule has 2 N–H and O–H groups in total. The van der Waals surface area contributed by atoms with Gasteiger partial charge in [-0.2, -0.15) is 0 Å². The molecule has 102 valence electrons. The minimum atomic E-state index is -0.285. The van der Waals surface area contributed by atoms with E-state index >= 15 is 0 Å². The lowest BCUT2D eigenvalue weighted by molar-refractivity contribution is -0.123. The van der Waals surface area contributed by atoms with Crippen LogP contribution < -0.4 is 15.4 Å². The number of benzene rings is 1. The fourth-order valence-electron chi connectivity index (χ4n) is 1.77. The number of nitrogens with one attached hydrogen (secondary N) is 2. The smallest absolute Gasteiger partial charge is 0.233 e. The van der Waals surface area contributed by atoms with Crippen LogP contribution in [-0.4, -0.2) is 36.5 Å². The monoisotopic (exact) mass is 280 g/mol. The highest BCUT2D eigenvalue weighted by Crippen LogP contribution is 2.19. The van der Waals surface area contributed by atoms with Crippen LogP contribution in [0.25, 0.3) is 0 Å². The van der Waals surface area contributed by atoms with Crippen molar-refractivity contribution in [1.29, 1.82) is 0 Å². The average molecular weight is 280 g/mol. The third-order valence-electron chi connectivity index (χ3n) is 2.76. The molecule has 0 bridgehead atoms. The third-order valence-corrected chi connectivity index (χ3v) is 3.98. The minimum absolute atomic E-state index is 0.0545. The average Bonchev–Trinajstić information content (AvgIpc) is 2.42. The van der Waals surface area contributed by atoms with E-state index in [1.54, 1.807) is 31.4 Å². The lowest BCUT2D eigenvalue weighted by atomic mass is 10.2. The zero-order valence-electron chi connectivity index (χ0n) is 10.6. The molecule has 1 atom stereocenters. The van der Waals surface area contributed by atoms with Crippen LogP contribution in [0.1, 0.15) is 6.42 Å². The van der Waals surface area contributed by atoms with Crippen molar-refractivity contribution in [3.63, 3.8) is 0 Å². The second-order valence-corrected chi connectivity index (χ2v) is 5.44. The van der Waals surface area contributed by atoms with E-state index in [1.807, 2.05) is 0 Å². The van der Waals surface area contributed by atoms with Crippen molar-refractivity contribution >= 4 is 29.3 Å². The Kier molecular flexibility index (Phi) is 4.68. The first kappa shape index (κ1) is 13.7. The van der Waals surface area contributed by atoms with Crippen LogP contribution in [-0.2, 0) is 9.59 Å². The summed E-state index contributed by atoms with van der Waals surface area (Å²) in [4.78, 5) is 23.4. The SMILES string of the molecule is COc1ccc(NC(=O)C[C@H]2SCCNC2=O)cc1. The zero-order valence-corrected chi connectivity index (χ0v) is 11.5. The van der Waals surface area contributed by atoms with Crippen molar-refractivity contribution in [2.45, 2.75) is 11.7 Å². The molecule has 0 aromatic heterocycles. The van der Waals surface area contributed by atoms with Gasteiger partial charge in [-0.15, -0.1) is 11.8 Å². The van der Waals surface area contributed by atoms with Gasteiger partial charge in [0.15, 0.2) is 0 Å². The van der Waals surface area contributed by atoms with Crippen molar-refractivity contribution < 1.29 is 14.3 Å². The van der Waals surface area contributed by atoms with Crippen LogP contribution in [0.4, 0.5) is 5.69 Å². The van der Waals surface area contributed by atoms with Gasteiger partial charge in [0.1, 0.15) is 5.75 Å². The predicted octanol–water partition coefficient (Wildman–Crippen LogP) is 1.26. The molecule has 1 aromatic rings. The molecule has 19 heavy (non-hydrogen) atoms. The quantitative estimate of drug-likeness (QED) is 0.871. The number of amides is 2. The highest BCUT2D eigenvalue weighted by atomic mass is 32.2. The Hall–Kier alpha value is -1.69. The molecule has 0 unspecified atom stereocenters. The van der Waals surface area contributed by atoms with Gasteiger partial charge in [0, 0.05) is 24.4 Å². The molecule has 1 aliphatic heterocycles. The van der Waals surface area contributed by atoms with E-state index in [-0.39, 0.29) is 23.5 Å². The number of methoxy groups -OCH3 is 1. The second-order valence-electron chi connectivity index (χ2n) is 4.13. The lowest BCUT2D eigenvalue weighted by Gasteiger charge is -2.20. The van der Waals surface area contributed by atoms with Gasteiger partial charge in [-0.25, -0.2) is 0 Å². The molecular weight excluding hydrogens is 264 g/mol. The minimum Gasteiger partial charge on any atom is -0.497 e. The maximum atomic E-state index is 11.8. The molecule has 2 rings (SSSR count). The van der Waals surface area contributed by atoms with Crippen LogP contribution in [0.15, 0.2) is 24.3 Å². The number of carbonyl (C=O) groups is 2. The third kappa shape index (κ3) is 3.89. The summed E-state index contributed by atoms with van der Waals surface area (Å²) in [6, 6.07) is 7.09. The Labute approximate surface area is 116 Å². The molecule has 6 heteroatoms. The van der Waals surface area contributed by atoms with Crippen molar-refractivity contribution in [3.05, 3.63) is 24.3 Å². The fraction of sp³-hybridized carbons (Fsp3) is 0.385. The van der Waals surface area contributed by atoms with E-state index in [9.17, 15) is 9.59 Å². The summed E-state index contributed by atoms with van der Waals surface area (Å²) in [5.41, 5.74) is 0.701. The molecule has 1 aromatic carbocycles. The standard InChI is InChI=1S/C13H16N2O3S/c1-18-10-4-2-9(3-5-10)15-12(16)8-11-13(17)14-6-7-19-11/h2-5,11H,6-8H2,1H3,(H,14,17)(H,15,16)/t11-/m1/s1. The number of hydrogen-bond acceptors (Lipinski definition) is 4. The maximum absolute atomic E-state index is 11.8. The van der Waals surface area contributed by atoms with Crippen LogP contribution >= 0.6 is 11.8 Å². The first-order valence-electron chi connectivity index (χ1n) is 6.02. The van der Waals surface area contributed by atoms with Gasteiger partial charge in [0.25, 0.3) is 0 Å². The summed E-state index contributed by atoms with van der Waals surface area (Å²) in [6.45, 7) is 0.681. The molecule has 0 aliphatic carbocycles. The van der Waals surface area contributed by atoms with E-state index in [4.69, 9.17) is 4.74 Å². The number of ether oxygens (including phenoxy) is 1. The van der Waals surface area contributed by atoms with Gasteiger partial charge < -0.3 is 15.4 Å². The van der Waals surface area contributed by atoms with E-state index in [0.29, 0.717) is 12.2 Å². The van der Waals surface area contributed by atoms with Gasteiger partial charge in [0.2, 0.25) is 11.8 Å². The van der Waals surface area contributed by atoms with Crippen LogP contribution in [0.3, 0.4) is 0 Å². The largest absolute Gasteiger partial charge is 0.497 e. The number of rotatable bonds is 4. The second kappa shape index (κ2) is 6.47. The number of thioether (sulfide) groups is 1. The van der Waals surface area contributed by atoms with Crippen molar-refractivity contribution in [1.82, 2.24) is 5.32 Å². The number of hydrogen-bond donors (Lipinski definition) is 2. The molecule has 1 saturated heterocycles. The maximum Gasteiger partial charge on any atom is 0.233 e. The number of anilines is 1. The normalized spacial score (nSPS) is 18.6. The molecule has 1 fully saturated rings. The first-order valence-corrected chi connectivity index (χ1v) is 7.07. The molecule has 5 nitrogen and oxygen atoms in total. The Morgan fingerprint density at radius 2 is 2.21 bits per heavy atom. The Morgan fingerprint density at radius 1 is 1.47 bits per heavy atom. The van der Waals surface area contributed by atoms with Crippen LogP contribution in [0.5, 0.6) is 5.75 Å². The van der Waals surface area contributed by atoms with Gasteiger partial charge in [-0.1, -0.05) is 0 Å². The Balaban J connectivity index is 1.87. The van der Waals surface area contributed by atoms with Gasteiger partial charge in [0.05, 0.1) is 12.4 Å². The number of carbonyl (C=O) groups excluding carboxylic acids is 2. The van der Waals surface area contributed by atoms with E-state index < -0.39 is 0 Å². The van der Waals surface area contributed by atoms with E-state index in [2.05, 4.69) is 10.6 Å². The van der Waals surface area contributed by atoms with E-state index in [1.165, 1.54) is 11.8 Å². The molecule has 0 radical (unpaired) electrons. The molecule has 1 heterocycles. The van der Waals surface area contributed by atoms with Gasteiger partial charge in [-0.3, -0.25) is 9.59 Å².